The molecule has 134 valence electrons. The lowest BCUT2D eigenvalue weighted by molar-refractivity contribution is 0.514. The minimum atomic E-state index is -0.288. The van der Waals surface area contributed by atoms with E-state index in [9.17, 15) is 4.39 Å². The predicted octanol–water partition coefficient (Wildman–Crippen LogP) is 4.48. The van der Waals surface area contributed by atoms with Crippen molar-refractivity contribution in [3.8, 4) is 11.5 Å². The number of para-hydroxylation sites is 2. The molecule has 1 fully saturated rings. The normalized spacial score (nSPS) is 14.4. The third-order valence-corrected chi connectivity index (χ3v) is 4.59. The van der Waals surface area contributed by atoms with Crippen LogP contribution in [0.25, 0.3) is 11.5 Å². The quantitative estimate of drug-likeness (QED) is 0.734. The van der Waals surface area contributed by atoms with Gasteiger partial charge in [-0.1, -0.05) is 12.1 Å². The summed E-state index contributed by atoms with van der Waals surface area (Å²) in [6, 6.07) is 14.3. The second-order valence-corrected chi connectivity index (χ2v) is 6.43. The molecule has 0 aliphatic carbocycles. The summed E-state index contributed by atoms with van der Waals surface area (Å²) in [5.74, 6) is 0.605. The first-order valence-electron chi connectivity index (χ1n) is 8.96. The van der Waals surface area contributed by atoms with Crippen molar-refractivity contribution in [1.29, 1.82) is 0 Å². The largest absolute Gasteiger partial charge is 0.419 e. The SMILES string of the molecule is Fc1ccc(-c2nnc(CNc3ccccc3N3CCCCC3)o2)cc1. The van der Waals surface area contributed by atoms with E-state index < -0.39 is 0 Å². The van der Waals surface area contributed by atoms with Crippen LogP contribution in [0.3, 0.4) is 0 Å². The molecular weight excluding hydrogens is 331 g/mol. The summed E-state index contributed by atoms with van der Waals surface area (Å²) in [5.41, 5.74) is 2.99. The second kappa shape index (κ2) is 7.56. The molecule has 5 nitrogen and oxygen atoms in total. The molecule has 4 rings (SSSR count). The molecule has 1 aromatic heterocycles. The molecule has 2 aromatic carbocycles. The van der Waals surface area contributed by atoms with Crippen LogP contribution in [0.1, 0.15) is 25.2 Å². The predicted molar refractivity (Wildman–Crippen MR) is 99.5 cm³/mol. The number of piperidine rings is 1. The fraction of sp³-hybridized carbons (Fsp3) is 0.300. The van der Waals surface area contributed by atoms with E-state index in [4.69, 9.17) is 4.42 Å². The summed E-state index contributed by atoms with van der Waals surface area (Å²) in [5, 5.41) is 11.5. The van der Waals surface area contributed by atoms with Gasteiger partial charge in [0, 0.05) is 18.7 Å². The van der Waals surface area contributed by atoms with Gasteiger partial charge in [0.1, 0.15) is 5.82 Å². The molecule has 26 heavy (non-hydrogen) atoms. The third kappa shape index (κ3) is 3.69. The Balaban J connectivity index is 1.45. The maximum absolute atomic E-state index is 13.0. The summed E-state index contributed by atoms with van der Waals surface area (Å²) in [4.78, 5) is 2.42. The monoisotopic (exact) mass is 352 g/mol. The zero-order chi connectivity index (χ0) is 17.8. The van der Waals surface area contributed by atoms with Gasteiger partial charge in [-0.05, 0) is 55.7 Å². The smallest absolute Gasteiger partial charge is 0.247 e. The standard InChI is InChI=1S/C20H21FN4O/c21-16-10-8-15(9-11-16)20-24-23-19(26-20)14-22-17-6-2-3-7-18(17)25-12-4-1-5-13-25/h2-3,6-11,22H,1,4-5,12-14H2. The number of nitrogens with one attached hydrogen (secondary N) is 1. The van der Waals surface area contributed by atoms with E-state index in [0.717, 1.165) is 18.8 Å². The summed E-state index contributed by atoms with van der Waals surface area (Å²) in [6.45, 7) is 2.63. The van der Waals surface area contributed by atoms with Gasteiger partial charge in [0.25, 0.3) is 0 Å². The maximum atomic E-state index is 13.0. The fourth-order valence-electron chi connectivity index (χ4n) is 3.24. The summed E-state index contributed by atoms with van der Waals surface area (Å²) in [7, 11) is 0. The molecule has 0 bridgehead atoms. The molecule has 0 atom stereocenters. The van der Waals surface area contributed by atoms with Crippen molar-refractivity contribution in [3.05, 3.63) is 60.2 Å². The number of anilines is 2. The van der Waals surface area contributed by atoms with Crippen LogP contribution in [0.2, 0.25) is 0 Å². The van der Waals surface area contributed by atoms with E-state index in [1.807, 2.05) is 6.07 Å². The molecule has 1 aliphatic heterocycles. The number of aromatic nitrogens is 2. The van der Waals surface area contributed by atoms with E-state index in [0.29, 0.717) is 23.9 Å². The Morgan fingerprint density at radius 3 is 2.54 bits per heavy atom. The average molecular weight is 352 g/mol. The van der Waals surface area contributed by atoms with Gasteiger partial charge in [0.2, 0.25) is 11.8 Å². The number of hydrogen-bond acceptors (Lipinski definition) is 5. The van der Waals surface area contributed by atoms with Gasteiger partial charge in [-0.25, -0.2) is 4.39 Å². The highest BCUT2D eigenvalue weighted by atomic mass is 19.1. The minimum absolute atomic E-state index is 0.288. The van der Waals surface area contributed by atoms with Crippen LogP contribution in [0.5, 0.6) is 0 Å². The zero-order valence-corrected chi connectivity index (χ0v) is 14.5. The number of benzene rings is 2. The van der Waals surface area contributed by atoms with Gasteiger partial charge in [0.05, 0.1) is 17.9 Å². The topological polar surface area (TPSA) is 54.2 Å². The number of halogens is 1. The number of rotatable bonds is 5. The van der Waals surface area contributed by atoms with Crippen molar-refractivity contribution in [2.75, 3.05) is 23.3 Å². The van der Waals surface area contributed by atoms with Crippen LogP contribution in [-0.2, 0) is 6.54 Å². The molecule has 1 N–H and O–H groups in total. The van der Waals surface area contributed by atoms with E-state index in [1.165, 1.54) is 37.1 Å². The van der Waals surface area contributed by atoms with Gasteiger partial charge >= 0.3 is 0 Å². The molecule has 0 unspecified atom stereocenters. The van der Waals surface area contributed by atoms with Crippen LogP contribution in [0.4, 0.5) is 15.8 Å². The van der Waals surface area contributed by atoms with Gasteiger partial charge in [-0.2, -0.15) is 0 Å². The van der Waals surface area contributed by atoms with Gasteiger partial charge < -0.3 is 14.6 Å². The molecular formula is C20H21FN4O. The van der Waals surface area contributed by atoms with Crippen LogP contribution in [-0.4, -0.2) is 23.3 Å². The molecule has 1 saturated heterocycles. The van der Waals surface area contributed by atoms with Crippen LogP contribution >= 0.6 is 0 Å². The Kier molecular flexibility index (Phi) is 4.82. The molecule has 0 spiro atoms. The van der Waals surface area contributed by atoms with Crippen molar-refractivity contribution >= 4 is 11.4 Å². The Morgan fingerprint density at radius 2 is 1.73 bits per heavy atom. The third-order valence-electron chi connectivity index (χ3n) is 4.59. The highest BCUT2D eigenvalue weighted by molar-refractivity contribution is 5.70. The van der Waals surface area contributed by atoms with Crippen molar-refractivity contribution in [2.24, 2.45) is 0 Å². The molecule has 0 saturated carbocycles. The van der Waals surface area contributed by atoms with E-state index in [-0.39, 0.29) is 5.82 Å². The highest BCUT2D eigenvalue weighted by Crippen LogP contribution is 2.28. The highest BCUT2D eigenvalue weighted by Gasteiger charge is 2.15. The lowest BCUT2D eigenvalue weighted by atomic mass is 10.1. The lowest BCUT2D eigenvalue weighted by Gasteiger charge is -2.30. The van der Waals surface area contributed by atoms with Crippen LogP contribution < -0.4 is 10.2 Å². The van der Waals surface area contributed by atoms with E-state index in [2.05, 4.69) is 38.6 Å². The van der Waals surface area contributed by atoms with E-state index in [1.54, 1.807) is 12.1 Å². The maximum Gasteiger partial charge on any atom is 0.247 e. The number of hydrogen-bond donors (Lipinski definition) is 1. The van der Waals surface area contributed by atoms with Crippen molar-refractivity contribution in [3.63, 3.8) is 0 Å². The van der Waals surface area contributed by atoms with Crippen molar-refractivity contribution in [1.82, 2.24) is 10.2 Å². The van der Waals surface area contributed by atoms with Crippen molar-refractivity contribution < 1.29 is 8.81 Å². The lowest BCUT2D eigenvalue weighted by Crippen LogP contribution is -2.30. The molecule has 1 aliphatic rings. The fourth-order valence-corrected chi connectivity index (χ4v) is 3.24. The van der Waals surface area contributed by atoms with Gasteiger partial charge in [0.15, 0.2) is 0 Å². The first-order chi connectivity index (χ1) is 12.8. The van der Waals surface area contributed by atoms with Gasteiger partial charge in [-0.15, -0.1) is 10.2 Å². The second-order valence-electron chi connectivity index (χ2n) is 6.43. The minimum Gasteiger partial charge on any atom is -0.419 e. The molecule has 3 aromatic rings. The Labute approximate surface area is 151 Å². The Hall–Kier alpha value is -2.89. The Bertz CT molecular complexity index is 856. The Morgan fingerprint density at radius 1 is 0.962 bits per heavy atom. The summed E-state index contributed by atoms with van der Waals surface area (Å²) in [6.07, 6.45) is 3.78. The first-order valence-corrected chi connectivity index (χ1v) is 8.96. The van der Waals surface area contributed by atoms with Crippen molar-refractivity contribution in [2.45, 2.75) is 25.8 Å². The number of nitrogens with zero attached hydrogens (tertiary/aromatic N) is 3. The van der Waals surface area contributed by atoms with Crippen LogP contribution in [0.15, 0.2) is 52.9 Å². The molecule has 0 amide bonds. The summed E-state index contributed by atoms with van der Waals surface area (Å²) >= 11 is 0. The van der Waals surface area contributed by atoms with Gasteiger partial charge in [-0.3, -0.25) is 0 Å². The molecule has 0 radical (unpaired) electrons. The van der Waals surface area contributed by atoms with Crippen LogP contribution in [0, 0.1) is 5.82 Å². The zero-order valence-electron chi connectivity index (χ0n) is 14.5. The average Bonchev–Trinajstić information content (AvgIpc) is 3.17. The molecule has 6 heteroatoms. The first kappa shape index (κ1) is 16.6. The van der Waals surface area contributed by atoms with E-state index >= 15 is 0 Å². The molecule has 2 heterocycles. The summed E-state index contributed by atoms with van der Waals surface area (Å²) < 4.78 is 18.7.